The minimum absolute atomic E-state index is 0.156. The molecular formula is C16H10F3N3O3S. The van der Waals surface area contributed by atoms with Gasteiger partial charge < -0.3 is 4.42 Å². The van der Waals surface area contributed by atoms with E-state index in [1.165, 1.54) is 24.5 Å². The molecular weight excluding hydrogens is 371 g/mol. The summed E-state index contributed by atoms with van der Waals surface area (Å²) in [6, 6.07) is 6.29. The van der Waals surface area contributed by atoms with Crippen molar-refractivity contribution in [3.63, 3.8) is 0 Å². The number of furan rings is 1. The number of aromatic amines is 1. The summed E-state index contributed by atoms with van der Waals surface area (Å²) < 4.78 is 43.4. The van der Waals surface area contributed by atoms with Crippen molar-refractivity contribution in [2.75, 3.05) is 0 Å². The number of halogens is 3. The van der Waals surface area contributed by atoms with E-state index in [1.807, 2.05) is 0 Å². The second kappa shape index (κ2) is 7.16. The van der Waals surface area contributed by atoms with E-state index >= 15 is 0 Å². The molecule has 0 aliphatic rings. The van der Waals surface area contributed by atoms with E-state index in [-0.39, 0.29) is 12.2 Å². The van der Waals surface area contributed by atoms with Gasteiger partial charge in [0.1, 0.15) is 6.33 Å². The minimum Gasteiger partial charge on any atom is -0.457 e. The number of Topliss-reactive ketones (excluding diaryl/α,β-unsaturated/α-hetero) is 2. The molecule has 0 saturated carbocycles. The molecule has 0 aliphatic carbocycles. The molecule has 3 aromatic rings. The van der Waals surface area contributed by atoms with Gasteiger partial charge >= 0.3 is 6.18 Å². The van der Waals surface area contributed by atoms with Crippen LogP contribution in [0, 0.1) is 0 Å². The molecule has 0 spiro atoms. The van der Waals surface area contributed by atoms with Crippen molar-refractivity contribution in [1.29, 1.82) is 0 Å². The molecule has 0 amide bonds. The lowest BCUT2D eigenvalue weighted by molar-refractivity contribution is -0.137. The highest BCUT2D eigenvalue weighted by atomic mass is 32.2. The molecule has 10 heteroatoms. The molecule has 2 heterocycles. The second-order valence-corrected chi connectivity index (χ2v) is 6.24. The summed E-state index contributed by atoms with van der Waals surface area (Å²) in [7, 11) is 0. The van der Waals surface area contributed by atoms with Crippen molar-refractivity contribution in [3.8, 4) is 0 Å². The smallest absolute Gasteiger partial charge is 0.416 e. The molecule has 0 aliphatic heterocycles. The van der Waals surface area contributed by atoms with E-state index in [0.29, 0.717) is 15.6 Å². The predicted molar refractivity (Wildman–Crippen MR) is 83.7 cm³/mol. The van der Waals surface area contributed by atoms with Crippen LogP contribution in [0.5, 0.6) is 0 Å². The Morgan fingerprint density at radius 3 is 2.73 bits per heavy atom. The van der Waals surface area contributed by atoms with Crippen LogP contribution in [-0.2, 0) is 17.4 Å². The van der Waals surface area contributed by atoms with Gasteiger partial charge in [-0.1, -0.05) is 17.8 Å². The van der Waals surface area contributed by atoms with Crippen LogP contribution in [0.3, 0.4) is 0 Å². The van der Waals surface area contributed by atoms with Crippen molar-refractivity contribution in [2.45, 2.75) is 22.6 Å². The van der Waals surface area contributed by atoms with Gasteiger partial charge in [0.25, 0.3) is 5.78 Å². The molecule has 26 heavy (non-hydrogen) atoms. The van der Waals surface area contributed by atoms with Gasteiger partial charge in [0, 0.05) is 11.3 Å². The number of rotatable bonds is 6. The number of carbonyl (C=O) groups excluding carboxylic acids is 2. The van der Waals surface area contributed by atoms with E-state index in [9.17, 15) is 22.8 Å². The SMILES string of the molecule is O=C(Cc1coc(Sc2cccc(C(F)(F)F)c2)c1)C(=O)c1ncn[nH]1. The summed E-state index contributed by atoms with van der Waals surface area (Å²) in [6.45, 7) is 0. The monoisotopic (exact) mass is 381 g/mol. The number of nitrogens with one attached hydrogen (secondary N) is 1. The number of ketones is 2. The molecule has 1 aromatic carbocycles. The first-order valence-corrected chi connectivity index (χ1v) is 8.00. The van der Waals surface area contributed by atoms with Crippen LogP contribution < -0.4 is 0 Å². The third-order valence-electron chi connectivity index (χ3n) is 3.26. The average Bonchev–Trinajstić information content (AvgIpc) is 3.26. The zero-order valence-electron chi connectivity index (χ0n) is 12.9. The standard InChI is InChI=1S/C16H10F3N3O3S/c17-16(18,19)10-2-1-3-11(6-10)26-13-5-9(7-25-13)4-12(23)14(24)15-20-8-21-22-15/h1-3,5-8H,4H2,(H,20,21,22). The Morgan fingerprint density at radius 1 is 1.23 bits per heavy atom. The number of H-pyrrole nitrogens is 1. The topological polar surface area (TPSA) is 88.8 Å². The number of benzene rings is 1. The van der Waals surface area contributed by atoms with Crippen LogP contribution in [-0.4, -0.2) is 26.7 Å². The first kappa shape index (κ1) is 17.9. The maximum atomic E-state index is 12.7. The van der Waals surface area contributed by atoms with Crippen LogP contribution in [0.4, 0.5) is 13.2 Å². The molecule has 0 unspecified atom stereocenters. The van der Waals surface area contributed by atoms with Gasteiger partial charge in [-0.25, -0.2) is 4.98 Å². The Bertz CT molecular complexity index is 936. The molecule has 0 radical (unpaired) electrons. The molecule has 0 bridgehead atoms. The van der Waals surface area contributed by atoms with E-state index in [4.69, 9.17) is 4.42 Å². The molecule has 1 N–H and O–H groups in total. The Hall–Kier alpha value is -2.88. The fraction of sp³-hybridized carbons (Fsp3) is 0.125. The minimum atomic E-state index is -4.43. The fourth-order valence-corrected chi connectivity index (χ4v) is 2.94. The van der Waals surface area contributed by atoms with Gasteiger partial charge in [-0.05, 0) is 29.8 Å². The Labute approximate surface area is 148 Å². The largest absolute Gasteiger partial charge is 0.457 e. The number of hydrogen-bond donors (Lipinski definition) is 1. The van der Waals surface area contributed by atoms with E-state index in [2.05, 4.69) is 15.2 Å². The normalized spacial score (nSPS) is 11.5. The maximum Gasteiger partial charge on any atom is 0.416 e. The summed E-state index contributed by atoms with van der Waals surface area (Å²) >= 11 is 0.981. The number of hydrogen-bond acceptors (Lipinski definition) is 6. The first-order chi connectivity index (χ1) is 12.3. The molecule has 2 aromatic heterocycles. The van der Waals surface area contributed by atoms with Crippen LogP contribution in [0.15, 0.2) is 57.3 Å². The van der Waals surface area contributed by atoms with E-state index in [0.717, 1.165) is 30.2 Å². The Morgan fingerprint density at radius 2 is 2.04 bits per heavy atom. The van der Waals surface area contributed by atoms with Crippen molar-refractivity contribution in [2.24, 2.45) is 0 Å². The lowest BCUT2D eigenvalue weighted by Crippen LogP contribution is -2.17. The van der Waals surface area contributed by atoms with Gasteiger partial charge in [-0.2, -0.15) is 18.3 Å². The molecule has 0 fully saturated rings. The molecule has 134 valence electrons. The lowest BCUT2D eigenvalue weighted by Gasteiger charge is -2.07. The highest BCUT2D eigenvalue weighted by Crippen LogP contribution is 2.35. The van der Waals surface area contributed by atoms with Gasteiger partial charge in [-0.3, -0.25) is 14.7 Å². The van der Waals surface area contributed by atoms with Crippen molar-refractivity contribution >= 4 is 23.3 Å². The number of aromatic nitrogens is 3. The third-order valence-corrected chi connectivity index (χ3v) is 4.16. The van der Waals surface area contributed by atoms with E-state index in [1.54, 1.807) is 0 Å². The van der Waals surface area contributed by atoms with Gasteiger partial charge in [0.05, 0.1) is 11.8 Å². The quantitative estimate of drug-likeness (QED) is 0.519. The van der Waals surface area contributed by atoms with E-state index < -0.39 is 23.3 Å². The molecule has 0 saturated heterocycles. The van der Waals surface area contributed by atoms with Crippen LogP contribution in [0.1, 0.15) is 21.7 Å². The summed E-state index contributed by atoms with van der Waals surface area (Å²) in [5.74, 6) is -1.67. The fourth-order valence-electron chi connectivity index (χ4n) is 2.06. The number of alkyl halides is 3. The highest BCUT2D eigenvalue weighted by Gasteiger charge is 2.30. The van der Waals surface area contributed by atoms with Crippen molar-refractivity contribution in [3.05, 3.63) is 59.9 Å². The van der Waals surface area contributed by atoms with Gasteiger partial charge in [-0.15, -0.1) is 0 Å². The zero-order valence-corrected chi connectivity index (χ0v) is 13.7. The zero-order chi connectivity index (χ0) is 18.7. The average molecular weight is 381 g/mol. The van der Waals surface area contributed by atoms with Crippen molar-refractivity contribution in [1.82, 2.24) is 15.2 Å². The van der Waals surface area contributed by atoms with Gasteiger partial charge in [0.15, 0.2) is 10.9 Å². The van der Waals surface area contributed by atoms with Crippen LogP contribution >= 0.6 is 11.8 Å². The number of carbonyl (C=O) groups is 2. The van der Waals surface area contributed by atoms with Crippen LogP contribution in [0.2, 0.25) is 0 Å². The summed E-state index contributed by atoms with van der Waals surface area (Å²) in [4.78, 5) is 27.7. The third kappa shape index (κ3) is 4.20. The molecule has 6 nitrogen and oxygen atoms in total. The first-order valence-electron chi connectivity index (χ1n) is 7.18. The lowest BCUT2D eigenvalue weighted by atomic mass is 10.1. The van der Waals surface area contributed by atoms with Crippen molar-refractivity contribution < 1.29 is 27.2 Å². The number of nitrogens with zero attached hydrogens (tertiary/aromatic N) is 2. The summed E-state index contributed by atoms with van der Waals surface area (Å²) in [6.07, 6.45) is -2.26. The second-order valence-electron chi connectivity index (χ2n) is 5.16. The highest BCUT2D eigenvalue weighted by molar-refractivity contribution is 7.99. The summed E-state index contributed by atoms with van der Waals surface area (Å²) in [5, 5.41) is 6.11. The van der Waals surface area contributed by atoms with Crippen LogP contribution in [0.25, 0.3) is 0 Å². The Kier molecular flexibility index (Phi) is 4.94. The van der Waals surface area contributed by atoms with Gasteiger partial charge in [0.2, 0.25) is 5.78 Å². The predicted octanol–water partition coefficient (Wildman–Crippen LogP) is 3.56. The Balaban J connectivity index is 1.67. The summed E-state index contributed by atoms with van der Waals surface area (Å²) in [5.41, 5.74) is -0.334. The maximum absolute atomic E-state index is 12.7. The molecule has 3 rings (SSSR count). The molecule has 0 atom stereocenters.